The highest BCUT2D eigenvalue weighted by atomic mass is 32.1. The topological polar surface area (TPSA) is 43.9 Å². The van der Waals surface area contributed by atoms with Gasteiger partial charge in [-0.15, -0.1) is 11.3 Å². The summed E-state index contributed by atoms with van der Waals surface area (Å²) in [6.45, 7) is 5.48. The van der Waals surface area contributed by atoms with E-state index in [2.05, 4.69) is 4.90 Å². The molecule has 4 heterocycles. The predicted octanol–water partition coefficient (Wildman–Crippen LogP) is 2.83. The molecule has 3 saturated heterocycles. The molecule has 1 unspecified atom stereocenters. The van der Waals surface area contributed by atoms with Crippen LogP contribution in [0.3, 0.4) is 0 Å². The zero-order valence-electron chi connectivity index (χ0n) is 15.8. The van der Waals surface area contributed by atoms with E-state index >= 15 is 0 Å². The van der Waals surface area contributed by atoms with Gasteiger partial charge in [0, 0.05) is 38.1 Å². The van der Waals surface area contributed by atoms with E-state index in [0.717, 1.165) is 64.7 Å². The molecule has 0 aromatic carbocycles. The molecular weight excluding hydrogens is 365 g/mol. The van der Waals surface area contributed by atoms with Crippen LogP contribution in [-0.4, -0.2) is 72.3 Å². The number of amides is 2. The molecule has 1 aromatic heterocycles. The van der Waals surface area contributed by atoms with Gasteiger partial charge in [0.2, 0.25) is 5.91 Å². The molecule has 27 heavy (non-hydrogen) atoms. The number of nitrogens with zero attached hydrogens (tertiary/aromatic N) is 3. The molecule has 0 radical (unpaired) electrons. The lowest BCUT2D eigenvalue weighted by molar-refractivity contribution is -0.132. The number of rotatable bonds is 3. The van der Waals surface area contributed by atoms with Gasteiger partial charge in [0.15, 0.2) is 0 Å². The van der Waals surface area contributed by atoms with Crippen molar-refractivity contribution < 1.29 is 14.0 Å². The van der Waals surface area contributed by atoms with Crippen LogP contribution in [0.15, 0.2) is 11.4 Å². The van der Waals surface area contributed by atoms with Gasteiger partial charge in [-0.05, 0) is 56.5 Å². The normalized spacial score (nSPS) is 26.7. The Morgan fingerprint density at radius 3 is 2.41 bits per heavy atom. The van der Waals surface area contributed by atoms with Crippen molar-refractivity contribution in [1.29, 1.82) is 0 Å². The highest BCUT2D eigenvalue weighted by Crippen LogP contribution is 2.39. The molecule has 1 atom stereocenters. The van der Waals surface area contributed by atoms with Crippen molar-refractivity contribution in [2.45, 2.75) is 38.5 Å². The van der Waals surface area contributed by atoms with E-state index in [9.17, 15) is 14.0 Å². The lowest BCUT2D eigenvalue weighted by Gasteiger charge is -2.48. The number of piperidine rings is 2. The first-order valence-corrected chi connectivity index (χ1v) is 11.0. The van der Waals surface area contributed by atoms with Gasteiger partial charge in [0.25, 0.3) is 5.91 Å². The van der Waals surface area contributed by atoms with E-state index in [1.54, 1.807) is 5.38 Å². The molecule has 0 saturated carbocycles. The maximum absolute atomic E-state index is 13.9. The van der Waals surface area contributed by atoms with Crippen molar-refractivity contribution in [3.63, 3.8) is 0 Å². The molecule has 148 valence electrons. The maximum atomic E-state index is 13.9. The fraction of sp³-hybridized carbons (Fsp3) is 0.700. The van der Waals surface area contributed by atoms with Gasteiger partial charge in [0.05, 0.1) is 6.54 Å². The third-order valence-corrected chi connectivity index (χ3v) is 7.20. The summed E-state index contributed by atoms with van der Waals surface area (Å²) in [5.74, 6) is -0.341. The Morgan fingerprint density at radius 2 is 1.70 bits per heavy atom. The summed E-state index contributed by atoms with van der Waals surface area (Å²) in [7, 11) is 0. The van der Waals surface area contributed by atoms with Crippen LogP contribution in [0.5, 0.6) is 0 Å². The van der Waals surface area contributed by atoms with Gasteiger partial charge in [-0.25, -0.2) is 4.39 Å². The standard InChI is InChI=1S/C20H28FN3O2S/c21-16-5-12-27-18(16)19(26)24-11-4-7-20(15-24)6-3-8-22(14-20)13-17(25)23-9-1-2-10-23/h5,12H,1-4,6-11,13-15H2. The van der Waals surface area contributed by atoms with Crippen molar-refractivity contribution >= 4 is 23.2 Å². The molecule has 4 rings (SSSR count). The van der Waals surface area contributed by atoms with E-state index in [1.807, 2.05) is 9.80 Å². The Balaban J connectivity index is 1.40. The number of hydrogen-bond donors (Lipinski definition) is 0. The van der Waals surface area contributed by atoms with E-state index in [4.69, 9.17) is 0 Å². The second kappa shape index (κ2) is 7.87. The number of carbonyl (C=O) groups excluding carboxylic acids is 2. The van der Waals surface area contributed by atoms with Crippen molar-refractivity contribution in [2.24, 2.45) is 5.41 Å². The predicted molar refractivity (Wildman–Crippen MR) is 103 cm³/mol. The molecule has 3 aliphatic heterocycles. The van der Waals surface area contributed by atoms with Crippen molar-refractivity contribution in [1.82, 2.24) is 14.7 Å². The van der Waals surface area contributed by atoms with Gasteiger partial charge in [-0.1, -0.05) is 0 Å². The third-order valence-electron chi connectivity index (χ3n) is 6.32. The lowest BCUT2D eigenvalue weighted by Crippen LogP contribution is -2.55. The van der Waals surface area contributed by atoms with Gasteiger partial charge in [-0.2, -0.15) is 0 Å². The fourth-order valence-corrected chi connectivity index (χ4v) is 5.74. The van der Waals surface area contributed by atoms with Crippen LogP contribution in [0.4, 0.5) is 4.39 Å². The quantitative estimate of drug-likeness (QED) is 0.793. The van der Waals surface area contributed by atoms with E-state index in [1.165, 1.54) is 17.4 Å². The molecule has 3 fully saturated rings. The van der Waals surface area contributed by atoms with Crippen LogP contribution >= 0.6 is 11.3 Å². The van der Waals surface area contributed by atoms with Gasteiger partial charge >= 0.3 is 0 Å². The second-order valence-electron chi connectivity index (χ2n) is 8.33. The van der Waals surface area contributed by atoms with E-state index in [-0.39, 0.29) is 22.1 Å². The third kappa shape index (κ3) is 4.04. The summed E-state index contributed by atoms with van der Waals surface area (Å²) < 4.78 is 13.9. The smallest absolute Gasteiger partial charge is 0.266 e. The average molecular weight is 394 g/mol. The minimum atomic E-state index is -0.411. The Hall–Kier alpha value is -1.47. The van der Waals surface area contributed by atoms with Crippen LogP contribution in [0, 0.1) is 11.2 Å². The minimum absolute atomic E-state index is 0.0468. The first-order valence-electron chi connectivity index (χ1n) is 10.1. The van der Waals surface area contributed by atoms with Crippen LogP contribution in [0.25, 0.3) is 0 Å². The summed E-state index contributed by atoms with van der Waals surface area (Å²) in [6, 6.07) is 1.37. The summed E-state index contributed by atoms with van der Waals surface area (Å²) >= 11 is 1.18. The van der Waals surface area contributed by atoms with Crippen molar-refractivity contribution in [2.75, 3.05) is 45.8 Å². The molecule has 1 spiro atoms. The van der Waals surface area contributed by atoms with Gasteiger partial charge in [-0.3, -0.25) is 14.5 Å². The van der Waals surface area contributed by atoms with Crippen LogP contribution in [-0.2, 0) is 4.79 Å². The maximum Gasteiger partial charge on any atom is 0.266 e. The van der Waals surface area contributed by atoms with E-state index < -0.39 is 5.82 Å². The fourth-order valence-electron chi connectivity index (χ4n) is 5.01. The summed E-state index contributed by atoms with van der Waals surface area (Å²) in [6.07, 6.45) is 6.41. The SMILES string of the molecule is O=C(CN1CCCC2(CCCN(C(=O)c3sccc3F)C2)C1)N1CCCC1. The molecule has 0 N–H and O–H groups in total. The highest BCUT2D eigenvalue weighted by Gasteiger charge is 2.41. The van der Waals surface area contributed by atoms with Crippen LogP contribution in [0.1, 0.15) is 48.2 Å². The first-order chi connectivity index (χ1) is 13.1. The zero-order valence-corrected chi connectivity index (χ0v) is 16.6. The summed E-state index contributed by atoms with van der Waals surface area (Å²) in [5.41, 5.74) is 0.0468. The average Bonchev–Trinajstić information content (AvgIpc) is 3.33. The second-order valence-corrected chi connectivity index (χ2v) is 9.25. The molecule has 5 nitrogen and oxygen atoms in total. The number of halogens is 1. The number of hydrogen-bond acceptors (Lipinski definition) is 4. The number of likely N-dealkylation sites (tertiary alicyclic amines) is 3. The van der Waals surface area contributed by atoms with E-state index in [0.29, 0.717) is 19.6 Å². The molecule has 0 bridgehead atoms. The monoisotopic (exact) mass is 393 g/mol. The van der Waals surface area contributed by atoms with Gasteiger partial charge in [0.1, 0.15) is 10.7 Å². The molecule has 7 heteroatoms. The Bertz CT molecular complexity index is 699. The Morgan fingerprint density at radius 1 is 1.00 bits per heavy atom. The zero-order chi connectivity index (χ0) is 18.9. The van der Waals surface area contributed by atoms with Crippen LogP contribution in [0.2, 0.25) is 0 Å². The van der Waals surface area contributed by atoms with Crippen molar-refractivity contribution in [3.8, 4) is 0 Å². The minimum Gasteiger partial charge on any atom is -0.342 e. The molecule has 3 aliphatic rings. The summed E-state index contributed by atoms with van der Waals surface area (Å²) in [5, 5.41) is 1.63. The lowest BCUT2D eigenvalue weighted by atomic mass is 9.73. The number of thiophene rings is 1. The molecule has 0 aliphatic carbocycles. The molecule has 2 amide bonds. The van der Waals surface area contributed by atoms with Gasteiger partial charge < -0.3 is 9.80 Å². The first kappa shape index (κ1) is 18.9. The molecule has 1 aromatic rings. The molecular formula is C20H28FN3O2S. The largest absolute Gasteiger partial charge is 0.342 e. The number of carbonyl (C=O) groups is 2. The van der Waals surface area contributed by atoms with Crippen LogP contribution < -0.4 is 0 Å². The van der Waals surface area contributed by atoms with Crippen molar-refractivity contribution in [3.05, 3.63) is 22.1 Å². The Labute approximate surface area is 164 Å². The summed E-state index contributed by atoms with van der Waals surface area (Å²) in [4.78, 5) is 31.6. The Kier molecular flexibility index (Phi) is 5.50. The highest BCUT2D eigenvalue weighted by molar-refractivity contribution is 7.12.